The Morgan fingerprint density at radius 3 is 2.41 bits per heavy atom. The van der Waals surface area contributed by atoms with Crippen molar-refractivity contribution in [1.29, 1.82) is 0 Å². The minimum Gasteiger partial charge on any atom is -0.330 e. The number of anilines is 1. The summed E-state index contributed by atoms with van der Waals surface area (Å²) < 4.78 is 2.09. The number of carbonyl (C=O) groups is 1. The molecule has 0 saturated carbocycles. The van der Waals surface area contributed by atoms with Gasteiger partial charge < -0.3 is 4.57 Å². The molecule has 3 aromatic rings. The van der Waals surface area contributed by atoms with Crippen molar-refractivity contribution in [1.82, 2.24) is 4.57 Å². The van der Waals surface area contributed by atoms with E-state index in [0.29, 0.717) is 6.54 Å². The minimum atomic E-state index is 0.0711. The molecule has 0 fully saturated rings. The Labute approximate surface area is 130 Å². The van der Waals surface area contributed by atoms with Gasteiger partial charge in [0, 0.05) is 31.4 Å². The predicted molar refractivity (Wildman–Crippen MR) is 91.1 cm³/mol. The van der Waals surface area contributed by atoms with Crippen LogP contribution < -0.4 is 4.90 Å². The highest BCUT2D eigenvalue weighted by Gasteiger charge is 2.16. The summed E-state index contributed by atoms with van der Waals surface area (Å²) in [6, 6.07) is 20.6. The zero-order valence-corrected chi connectivity index (χ0v) is 13.0. The van der Waals surface area contributed by atoms with Crippen molar-refractivity contribution in [2.75, 3.05) is 11.4 Å². The van der Waals surface area contributed by atoms with Crippen molar-refractivity contribution in [2.24, 2.45) is 7.05 Å². The molecule has 1 amide bonds. The van der Waals surface area contributed by atoms with Crippen LogP contribution in [0.2, 0.25) is 0 Å². The van der Waals surface area contributed by atoms with Crippen molar-refractivity contribution >= 4 is 22.6 Å². The average molecular weight is 292 g/mol. The fourth-order valence-electron chi connectivity index (χ4n) is 2.85. The molecule has 0 unspecified atom stereocenters. The van der Waals surface area contributed by atoms with Crippen LogP contribution in [-0.2, 0) is 18.3 Å². The number of nitrogens with zero attached hydrogens (tertiary/aromatic N) is 2. The molecule has 112 valence electrons. The molecule has 2 aromatic carbocycles. The largest absolute Gasteiger partial charge is 0.330 e. The maximum Gasteiger partial charge on any atom is 0.224 e. The van der Waals surface area contributed by atoms with Crippen LogP contribution in [-0.4, -0.2) is 17.0 Å². The normalized spacial score (nSPS) is 10.8. The van der Waals surface area contributed by atoms with Gasteiger partial charge in [0.2, 0.25) is 5.91 Å². The zero-order valence-electron chi connectivity index (χ0n) is 13.0. The number of rotatable bonds is 4. The highest BCUT2D eigenvalue weighted by atomic mass is 16.2. The van der Waals surface area contributed by atoms with E-state index in [4.69, 9.17) is 0 Å². The molecule has 0 saturated heterocycles. The topological polar surface area (TPSA) is 25.2 Å². The van der Waals surface area contributed by atoms with E-state index in [2.05, 4.69) is 34.9 Å². The van der Waals surface area contributed by atoms with E-state index in [0.717, 1.165) is 23.1 Å². The van der Waals surface area contributed by atoms with Crippen molar-refractivity contribution < 1.29 is 4.79 Å². The second-order valence-electron chi connectivity index (χ2n) is 5.53. The smallest absolute Gasteiger partial charge is 0.224 e. The monoisotopic (exact) mass is 292 g/mol. The number of hydrogen-bond acceptors (Lipinski definition) is 1. The molecule has 0 aliphatic rings. The number of fused-ring (bicyclic) bond motifs is 1. The summed E-state index contributed by atoms with van der Waals surface area (Å²) in [4.78, 5) is 14.0. The Morgan fingerprint density at radius 1 is 1.05 bits per heavy atom. The van der Waals surface area contributed by atoms with Crippen LogP contribution in [0.15, 0.2) is 60.7 Å². The second-order valence-corrected chi connectivity index (χ2v) is 5.53. The van der Waals surface area contributed by atoms with Crippen LogP contribution in [0.5, 0.6) is 0 Å². The summed E-state index contributed by atoms with van der Waals surface area (Å²) in [7, 11) is 2.01. The van der Waals surface area contributed by atoms with Gasteiger partial charge in [0.05, 0.1) is 0 Å². The average Bonchev–Trinajstić information content (AvgIpc) is 2.86. The van der Waals surface area contributed by atoms with Crippen molar-refractivity contribution in [3.05, 3.63) is 66.2 Å². The molecule has 0 spiro atoms. The summed E-state index contributed by atoms with van der Waals surface area (Å²) >= 11 is 0. The Morgan fingerprint density at radius 2 is 1.73 bits per heavy atom. The SMILES string of the molecule is CC(=O)N(CCc1ccccc1)c1cc2ccccc2n1C. The third-order valence-electron chi connectivity index (χ3n) is 4.05. The van der Waals surface area contributed by atoms with Crippen LogP contribution in [0, 0.1) is 0 Å². The van der Waals surface area contributed by atoms with E-state index >= 15 is 0 Å². The van der Waals surface area contributed by atoms with Gasteiger partial charge >= 0.3 is 0 Å². The lowest BCUT2D eigenvalue weighted by molar-refractivity contribution is -0.116. The number of hydrogen-bond donors (Lipinski definition) is 0. The maximum atomic E-state index is 12.1. The molecule has 3 nitrogen and oxygen atoms in total. The first-order chi connectivity index (χ1) is 10.7. The molecule has 0 radical (unpaired) electrons. The summed E-state index contributed by atoms with van der Waals surface area (Å²) in [5.74, 6) is 1.02. The van der Waals surface area contributed by atoms with Gasteiger partial charge in [0.1, 0.15) is 5.82 Å². The number of amides is 1. The fourth-order valence-corrected chi connectivity index (χ4v) is 2.85. The fraction of sp³-hybridized carbons (Fsp3) is 0.211. The highest BCUT2D eigenvalue weighted by molar-refractivity contribution is 5.95. The van der Waals surface area contributed by atoms with Crippen LogP contribution in [0.3, 0.4) is 0 Å². The molecule has 0 aliphatic carbocycles. The molecular weight excluding hydrogens is 272 g/mol. The van der Waals surface area contributed by atoms with Crippen LogP contribution in [0.1, 0.15) is 12.5 Å². The standard InChI is InChI=1S/C19H20N2O/c1-15(22)21(13-12-16-8-4-3-5-9-16)19-14-17-10-6-7-11-18(17)20(19)2/h3-11,14H,12-13H2,1-2H3. The first kappa shape index (κ1) is 14.4. The van der Waals surface area contributed by atoms with E-state index in [-0.39, 0.29) is 5.91 Å². The Bertz CT molecular complexity index is 790. The van der Waals surface area contributed by atoms with Gasteiger partial charge in [-0.25, -0.2) is 0 Å². The summed E-state index contributed by atoms with van der Waals surface area (Å²) in [6.07, 6.45) is 0.849. The molecule has 3 rings (SSSR count). The molecule has 1 aromatic heterocycles. The second kappa shape index (κ2) is 6.06. The Balaban J connectivity index is 1.90. The van der Waals surface area contributed by atoms with Gasteiger partial charge in [0.15, 0.2) is 0 Å². The third-order valence-corrected chi connectivity index (χ3v) is 4.05. The molecule has 3 heteroatoms. The van der Waals surface area contributed by atoms with Crippen molar-refractivity contribution in [2.45, 2.75) is 13.3 Å². The quantitative estimate of drug-likeness (QED) is 0.718. The van der Waals surface area contributed by atoms with Crippen LogP contribution in [0.25, 0.3) is 10.9 Å². The third kappa shape index (κ3) is 2.75. The van der Waals surface area contributed by atoms with Crippen molar-refractivity contribution in [3.63, 3.8) is 0 Å². The van der Waals surface area contributed by atoms with Gasteiger partial charge in [-0.1, -0.05) is 48.5 Å². The van der Waals surface area contributed by atoms with Gasteiger partial charge in [0.25, 0.3) is 0 Å². The van der Waals surface area contributed by atoms with E-state index in [1.165, 1.54) is 5.56 Å². The Kier molecular flexibility index (Phi) is 3.96. The van der Waals surface area contributed by atoms with Gasteiger partial charge in [-0.2, -0.15) is 0 Å². The summed E-state index contributed by atoms with van der Waals surface area (Å²) in [5.41, 5.74) is 2.39. The lowest BCUT2D eigenvalue weighted by atomic mass is 10.1. The van der Waals surface area contributed by atoms with E-state index in [9.17, 15) is 4.79 Å². The highest BCUT2D eigenvalue weighted by Crippen LogP contribution is 2.25. The summed E-state index contributed by atoms with van der Waals surface area (Å²) in [5, 5.41) is 1.16. The van der Waals surface area contributed by atoms with Gasteiger partial charge in [-0.3, -0.25) is 9.69 Å². The molecular formula is C19H20N2O. The maximum absolute atomic E-state index is 12.1. The van der Waals surface area contributed by atoms with Gasteiger partial charge in [-0.05, 0) is 24.1 Å². The molecule has 0 aliphatic heterocycles. The van der Waals surface area contributed by atoms with Crippen molar-refractivity contribution in [3.8, 4) is 0 Å². The van der Waals surface area contributed by atoms with Gasteiger partial charge in [-0.15, -0.1) is 0 Å². The number of benzene rings is 2. The lowest BCUT2D eigenvalue weighted by Gasteiger charge is -2.21. The number of aryl methyl sites for hydroxylation is 1. The number of aromatic nitrogens is 1. The Hall–Kier alpha value is -2.55. The first-order valence-corrected chi connectivity index (χ1v) is 7.53. The number of carbonyl (C=O) groups excluding carboxylic acids is 1. The first-order valence-electron chi connectivity index (χ1n) is 7.53. The zero-order chi connectivity index (χ0) is 15.5. The molecule has 0 N–H and O–H groups in total. The predicted octanol–water partition coefficient (Wildman–Crippen LogP) is 3.77. The molecule has 0 bridgehead atoms. The molecule has 22 heavy (non-hydrogen) atoms. The van der Waals surface area contributed by atoms with E-state index in [1.807, 2.05) is 42.3 Å². The van der Waals surface area contributed by atoms with Crippen LogP contribution >= 0.6 is 0 Å². The molecule has 0 atom stereocenters. The summed E-state index contributed by atoms with van der Waals surface area (Å²) in [6.45, 7) is 2.31. The lowest BCUT2D eigenvalue weighted by Crippen LogP contribution is -2.32. The van der Waals surface area contributed by atoms with E-state index < -0.39 is 0 Å². The number of para-hydroxylation sites is 1. The molecule has 1 heterocycles. The van der Waals surface area contributed by atoms with E-state index in [1.54, 1.807) is 6.92 Å². The minimum absolute atomic E-state index is 0.0711. The van der Waals surface area contributed by atoms with Crippen LogP contribution in [0.4, 0.5) is 5.82 Å².